The zero-order chi connectivity index (χ0) is 24.0. The molecule has 1 N–H and O–H groups in total. The topological polar surface area (TPSA) is 99.3 Å². The van der Waals surface area contributed by atoms with Crippen LogP contribution in [-0.4, -0.2) is 67.5 Å². The SMILES string of the molecule is O=C(C(=O)N1CCN(C(=O)c2ccccc2)CC12CC2)c1c[nH]c2c(-c3cccnc3)nccc12. The van der Waals surface area contributed by atoms with E-state index in [0.717, 1.165) is 18.4 Å². The average Bonchev–Trinajstić information content (AvgIpc) is 3.53. The Hall–Kier alpha value is -4.33. The quantitative estimate of drug-likeness (QED) is 0.368. The Kier molecular flexibility index (Phi) is 4.95. The zero-order valence-corrected chi connectivity index (χ0v) is 19.0. The van der Waals surface area contributed by atoms with Crippen LogP contribution in [0.2, 0.25) is 0 Å². The van der Waals surface area contributed by atoms with Crippen molar-refractivity contribution >= 4 is 28.5 Å². The number of H-pyrrole nitrogens is 1. The van der Waals surface area contributed by atoms with E-state index in [9.17, 15) is 14.4 Å². The third-order valence-electron chi connectivity index (χ3n) is 7.01. The Morgan fingerprint density at radius 1 is 0.943 bits per heavy atom. The standard InChI is InChI=1S/C27H23N5O3/c33-24(21-16-30-23-20(21)8-12-29-22(23)19-7-4-11-28-15-19)26(35)32-14-13-31(17-27(32)9-10-27)25(34)18-5-2-1-3-6-18/h1-8,11-12,15-16,30H,9-10,13-14,17H2. The summed E-state index contributed by atoms with van der Waals surface area (Å²) < 4.78 is 0. The summed E-state index contributed by atoms with van der Waals surface area (Å²) in [6.45, 7) is 1.19. The first-order valence-corrected chi connectivity index (χ1v) is 11.6. The first-order chi connectivity index (χ1) is 17.1. The van der Waals surface area contributed by atoms with E-state index in [1.54, 1.807) is 52.8 Å². The van der Waals surface area contributed by atoms with Gasteiger partial charge in [-0.25, -0.2) is 0 Å². The summed E-state index contributed by atoms with van der Waals surface area (Å²) >= 11 is 0. The largest absolute Gasteiger partial charge is 0.359 e. The molecule has 4 aromatic rings. The van der Waals surface area contributed by atoms with E-state index in [0.29, 0.717) is 47.4 Å². The van der Waals surface area contributed by atoms with Crippen LogP contribution in [0.1, 0.15) is 33.6 Å². The smallest absolute Gasteiger partial charge is 0.295 e. The lowest BCUT2D eigenvalue weighted by molar-refractivity contribution is -0.131. The molecular formula is C27H23N5O3. The maximum Gasteiger partial charge on any atom is 0.295 e. The normalized spacial score (nSPS) is 16.5. The lowest BCUT2D eigenvalue weighted by atomic mass is 10.0. The molecule has 1 spiro atoms. The predicted molar refractivity (Wildman–Crippen MR) is 130 cm³/mol. The number of aromatic nitrogens is 3. The van der Waals surface area contributed by atoms with Crippen molar-refractivity contribution in [2.75, 3.05) is 19.6 Å². The van der Waals surface area contributed by atoms with E-state index < -0.39 is 17.2 Å². The number of ketones is 1. The second-order valence-electron chi connectivity index (χ2n) is 9.13. The molecule has 1 saturated heterocycles. The molecule has 8 heteroatoms. The number of aromatic amines is 1. The number of amides is 2. The van der Waals surface area contributed by atoms with Crippen LogP contribution in [0.25, 0.3) is 22.2 Å². The highest BCUT2D eigenvalue weighted by Crippen LogP contribution is 2.45. The molecule has 1 aromatic carbocycles. The van der Waals surface area contributed by atoms with Gasteiger partial charge in [0, 0.05) is 60.9 Å². The number of rotatable bonds is 4. The number of fused-ring (bicyclic) bond motifs is 1. The fourth-order valence-electron chi connectivity index (χ4n) is 5.01. The molecule has 6 rings (SSSR count). The van der Waals surface area contributed by atoms with Gasteiger partial charge in [-0.1, -0.05) is 18.2 Å². The van der Waals surface area contributed by atoms with Gasteiger partial charge >= 0.3 is 0 Å². The van der Waals surface area contributed by atoms with E-state index in [-0.39, 0.29) is 5.91 Å². The fourth-order valence-corrected chi connectivity index (χ4v) is 5.01. The minimum Gasteiger partial charge on any atom is -0.359 e. The summed E-state index contributed by atoms with van der Waals surface area (Å²) in [7, 11) is 0. The number of nitrogens with one attached hydrogen (secondary N) is 1. The molecule has 174 valence electrons. The van der Waals surface area contributed by atoms with Crippen molar-refractivity contribution in [3.8, 4) is 11.3 Å². The summed E-state index contributed by atoms with van der Waals surface area (Å²) in [6.07, 6.45) is 8.19. The second kappa shape index (κ2) is 8.16. The molecule has 1 aliphatic carbocycles. The van der Waals surface area contributed by atoms with Crippen molar-refractivity contribution in [1.29, 1.82) is 0 Å². The van der Waals surface area contributed by atoms with Gasteiger partial charge in [0.2, 0.25) is 0 Å². The Morgan fingerprint density at radius 3 is 2.51 bits per heavy atom. The molecule has 2 aliphatic rings. The van der Waals surface area contributed by atoms with E-state index in [1.807, 2.05) is 30.3 Å². The molecule has 4 heterocycles. The number of piperazine rings is 1. The Balaban J connectivity index is 1.25. The van der Waals surface area contributed by atoms with Crippen molar-refractivity contribution in [3.63, 3.8) is 0 Å². The summed E-state index contributed by atoms with van der Waals surface area (Å²) in [5.74, 6) is -1.11. The van der Waals surface area contributed by atoms with Gasteiger partial charge in [-0.15, -0.1) is 0 Å². The molecule has 2 amide bonds. The average molecular weight is 466 g/mol. The molecule has 0 atom stereocenters. The maximum atomic E-state index is 13.4. The van der Waals surface area contributed by atoms with Gasteiger partial charge in [-0.3, -0.25) is 24.4 Å². The number of hydrogen-bond donors (Lipinski definition) is 1. The van der Waals surface area contributed by atoms with Gasteiger partial charge in [0.05, 0.1) is 22.3 Å². The summed E-state index contributed by atoms with van der Waals surface area (Å²) in [4.78, 5) is 55.0. The van der Waals surface area contributed by atoms with Gasteiger partial charge in [0.1, 0.15) is 0 Å². The lowest BCUT2D eigenvalue weighted by Gasteiger charge is -2.41. The molecule has 8 nitrogen and oxygen atoms in total. The van der Waals surface area contributed by atoms with Crippen LogP contribution in [0.4, 0.5) is 0 Å². The zero-order valence-electron chi connectivity index (χ0n) is 19.0. The van der Waals surface area contributed by atoms with Gasteiger partial charge in [-0.2, -0.15) is 0 Å². The molecule has 0 bridgehead atoms. The third kappa shape index (κ3) is 3.58. The van der Waals surface area contributed by atoms with E-state index in [1.165, 1.54) is 0 Å². The molecule has 0 radical (unpaired) electrons. The van der Waals surface area contributed by atoms with Gasteiger partial charge < -0.3 is 14.8 Å². The van der Waals surface area contributed by atoms with E-state index in [4.69, 9.17) is 0 Å². The highest BCUT2D eigenvalue weighted by atomic mass is 16.2. The Labute approximate surface area is 201 Å². The highest BCUT2D eigenvalue weighted by Gasteiger charge is 2.55. The molecule has 1 saturated carbocycles. The van der Waals surface area contributed by atoms with Crippen LogP contribution in [0.15, 0.2) is 73.3 Å². The van der Waals surface area contributed by atoms with Crippen molar-refractivity contribution in [3.05, 3.63) is 84.4 Å². The van der Waals surface area contributed by atoms with Crippen molar-refractivity contribution in [1.82, 2.24) is 24.8 Å². The number of benzene rings is 1. The van der Waals surface area contributed by atoms with Crippen LogP contribution < -0.4 is 0 Å². The van der Waals surface area contributed by atoms with Crippen molar-refractivity contribution in [2.24, 2.45) is 0 Å². The molecule has 0 unspecified atom stereocenters. The lowest BCUT2D eigenvalue weighted by Crippen LogP contribution is -2.59. The number of hydrogen-bond acceptors (Lipinski definition) is 5. The summed E-state index contributed by atoms with van der Waals surface area (Å²) in [5.41, 5.74) is 2.70. The first kappa shape index (κ1) is 21.2. The number of carbonyl (C=O) groups excluding carboxylic acids is 3. The number of pyridine rings is 2. The number of Topliss-reactive ketones (excluding diaryl/α,β-unsaturated/α-hetero) is 1. The Morgan fingerprint density at radius 2 is 1.77 bits per heavy atom. The van der Waals surface area contributed by atoms with Crippen LogP contribution in [0, 0.1) is 0 Å². The van der Waals surface area contributed by atoms with Crippen LogP contribution in [0.5, 0.6) is 0 Å². The number of carbonyl (C=O) groups is 3. The molecule has 3 aromatic heterocycles. The van der Waals surface area contributed by atoms with Crippen LogP contribution in [-0.2, 0) is 4.79 Å². The molecule has 35 heavy (non-hydrogen) atoms. The monoisotopic (exact) mass is 465 g/mol. The third-order valence-corrected chi connectivity index (χ3v) is 7.01. The Bertz CT molecular complexity index is 1440. The highest BCUT2D eigenvalue weighted by molar-refractivity contribution is 6.45. The first-order valence-electron chi connectivity index (χ1n) is 11.6. The molecular weight excluding hydrogens is 442 g/mol. The van der Waals surface area contributed by atoms with Gasteiger partial charge in [-0.05, 0) is 43.2 Å². The van der Waals surface area contributed by atoms with Crippen LogP contribution >= 0.6 is 0 Å². The molecule has 2 fully saturated rings. The van der Waals surface area contributed by atoms with Crippen LogP contribution in [0.3, 0.4) is 0 Å². The van der Waals surface area contributed by atoms with Gasteiger partial charge in [0.15, 0.2) is 0 Å². The van der Waals surface area contributed by atoms with Gasteiger partial charge in [0.25, 0.3) is 17.6 Å². The second-order valence-corrected chi connectivity index (χ2v) is 9.13. The van der Waals surface area contributed by atoms with E-state index >= 15 is 0 Å². The fraction of sp³-hybridized carbons (Fsp3) is 0.222. The van der Waals surface area contributed by atoms with E-state index in [2.05, 4.69) is 15.0 Å². The minimum atomic E-state index is -0.548. The predicted octanol–water partition coefficient (Wildman–Crippen LogP) is 3.32. The van der Waals surface area contributed by atoms with Crippen molar-refractivity contribution < 1.29 is 14.4 Å². The molecule has 1 aliphatic heterocycles. The van der Waals surface area contributed by atoms with Crippen molar-refractivity contribution in [2.45, 2.75) is 18.4 Å². The maximum absolute atomic E-state index is 13.4. The minimum absolute atomic E-state index is 0.0395. The summed E-state index contributed by atoms with van der Waals surface area (Å²) in [5, 5.41) is 0.653. The summed E-state index contributed by atoms with van der Waals surface area (Å²) in [6, 6.07) is 14.6. The number of nitrogens with zero attached hydrogens (tertiary/aromatic N) is 4.